The van der Waals surface area contributed by atoms with E-state index in [9.17, 15) is 0 Å². The summed E-state index contributed by atoms with van der Waals surface area (Å²) in [5.74, 6) is 0.148. The Hall–Kier alpha value is -2.40. The summed E-state index contributed by atoms with van der Waals surface area (Å²) >= 11 is 6.39. The van der Waals surface area contributed by atoms with Gasteiger partial charge in [-0.1, -0.05) is 29.8 Å². The Morgan fingerprint density at radius 2 is 1.96 bits per heavy atom. The van der Waals surface area contributed by atoms with Crippen molar-refractivity contribution < 1.29 is 0 Å². The Balaban J connectivity index is 2.12. The fraction of sp³-hybridized carbons (Fsp3) is 0.278. The van der Waals surface area contributed by atoms with Crippen molar-refractivity contribution in [2.24, 2.45) is 21.7 Å². The zero-order valence-corrected chi connectivity index (χ0v) is 14.5. The summed E-state index contributed by atoms with van der Waals surface area (Å²) in [5, 5.41) is 8.91. The van der Waals surface area contributed by atoms with E-state index in [0.717, 1.165) is 51.7 Å². The quantitative estimate of drug-likeness (QED) is 0.499. The van der Waals surface area contributed by atoms with Crippen molar-refractivity contribution in [1.29, 1.82) is 0 Å². The van der Waals surface area contributed by atoms with Gasteiger partial charge >= 0.3 is 0 Å². The molecule has 1 heterocycles. The van der Waals surface area contributed by atoms with Gasteiger partial charge in [0.1, 0.15) is 0 Å². The Morgan fingerprint density at radius 3 is 2.67 bits per heavy atom. The van der Waals surface area contributed by atoms with E-state index in [4.69, 9.17) is 28.1 Å². The molecule has 1 aromatic heterocycles. The summed E-state index contributed by atoms with van der Waals surface area (Å²) in [4.78, 5) is 4.72. The maximum Gasteiger partial charge on any atom is 0.211 e. The molecule has 0 bridgehead atoms. The molecule has 1 unspecified atom stereocenters. The number of hydrogen-bond acceptors (Lipinski definition) is 3. The minimum atomic E-state index is -0.0540. The lowest BCUT2D eigenvalue weighted by atomic mass is 9.80. The van der Waals surface area contributed by atoms with Gasteiger partial charge in [-0.3, -0.25) is 4.98 Å². The standard InChI is InChI=1S/C18H20ClN5/c1-10-7-11(2)22-15-8-12(13-5-3-4-6-14(13)19)9-16(17(10)15)23-24-18(20)21/h3-7,12H,8-9H2,1-2H3,(H4,20,21,24). The van der Waals surface area contributed by atoms with Crippen molar-refractivity contribution in [2.45, 2.75) is 32.6 Å². The first-order valence-corrected chi connectivity index (χ1v) is 8.21. The number of nitrogens with two attached hydrogens (primary N) is 2. The second-order valence-corrected chi connectivity index (χ2v) is 6.51. The van der Waals surface area contributed by atoms with Gasteiger partial charge < -0.3 is 11.5 Å². The third-order valence-electron chi connectivity index (χ3n) is 4.22. The molecule has 0 saturated heterocycles. The number of aromatic nitrogens is 1. The fourth-order valence-corrected chi connectivity index (χ4v) is 3.62. The van der Waals surface area contributed by atoms with Crippen LogP contribution in [0.5, 0.6) is 0 Å². The van der Waals surface area contributed by atoms with Gasteiger partial charge in [-0.2, -0.15) is 5.10 Å². The minimum Gasteiger partial charge on any atom is -0.369 e. The van der Waals surface area contributed by atoms with Crippen LogP contribution in [0.4, 0.5) is 0 Å². The topological polar surface area (TPSA) is 89.6 Å². The maximum absolute atomic E-state index is 6.39. The molecule has 1 aromatic carbocycles. The number of hydrogen-bond donors (Lipinski definition) is 2. The van der Waals surface area contributed by atoms with Crippen LogP contribution in [0.3, 0.4) is 0 Å². The van der Waals surface area contributed by atoms with Crippen LogP contribution in [0.2, 0.25) is 5.02 Å². The lowest BCUT2D eigenvalue weighted by Gasteiger charge is -2.27. The smallest absolute Gasteiger partial charge is 0.211 e. The molecule has 2 aromatic rings. The van der Waals surface area contributed by atoms with E-state index >= 15 is 0 Å². The predicted molar refractivity (Wildman–Crippen MR) is 98.6 cm³/mol. The zero-order chi connectivity index (χ0) is 17.3. The SMILES string of the molecule is Cc1cc(C)c2c(n1)CC(c1ccccc1Cl)CC2=NN=C(N)N. The summed E-state index contributed by atoms with van der Waals surface area (Å²) in [7, 11) is 0. The highest BCUT2D eigenvalue weighted by molar-refractivity contribution is 6.31. The maximum atomic E-state index is 6.39. The molecule has 0 spiro atoms. The number of nitrogens with zero attached hydrogens (tertiary/aromatic N) is 3. The molecule has 0 saturated carbocycles. The predicted octanol–water partition coefficient (Wildman–Crippen LogP) is 3.06. The Morgan fingerprint density at radius 1 is 1.21 bits per heavy atom. The van der Waals surface area contributed by atoms with Crippen molar-refractivity contribution in [2.75, 3.05) is 0 Å². The average Bonchev–Trinajstić information content (AvgIpc) is 2.52. The molecular weight excluding hydrogens is 322 g/mol. The van der Waals surface area contributed by atoms with Crippen LogP contribution >= 0.6 is 11.6 Å². The molecule has 6 heteroatoms. The van der Waals surface area contributed by atoms with Crippen LogP contribution < -0.4 is 11.5 Å². The van der Waals surface area contributed by atoms with Crippen LogP contribution in [-0.2, 0) is 6.42 Å². The van der Waals surface area contributed by atoms with Gasteiger partial charge in [0.2, 0.25) is 5.96 Å². The van der Waals surface area contributed by atoms with E-state index in [1.54, 1.807) is 0 Å². The third-order valence-corrected chi connectivity index (χ3v) is 4.56. The molecule has 0 radical (unpaired) electrons. The summed E-state index contributed by atoms with van der Waals surface area (Å²) in [6, 6.07) is 9.95. The molecule has 24 heavy (non-hydrogen) atoms. The summed E-state index contributed by atoms with van der Waals surface area (Å²) < 4.78 is 0. The van der Waals surface area contributed by atoms with Gasteiger partial charge in [-0.05, 0) is 55.9 Å². The molecule has 1 aliphatic rings. The highest BCUT2D eigenvalue weighted by Crippen LogP contribution is 2.36. The molecule has 5 nitrogen and oxygen atoms in total. The Bertz CT molecular complexity index is 837. The van der Waals surface area contributed by atoms with E-state index in [0.29, 0.717) is 0 Å². The summed E-state index contributed by atoms with van der Waals surface area (Å²) in [5.41, 5.74) is 17.0. The molecular formula is C18H20ClN5. The number of aryl methyl sites for hydroxylation is 2. The van der Waals surface area contributed by atoms with Crippen LogP contribution in [0.1, 0.15) is 40.4 Å². The van der Waals surface area contributed by atoms with Gasteiger partial charge in [0.25, 0.3) is 0 Å². The minimum absolute atomic E-state index is 0.0540. The molecule has 0 amide bonds. The van der Waals surface area contributed by atoms with Crippen LogP contribution in [0.25, 0.3) is 0 Å². The number of rotatable bonds is 2. The first kappa shape index (κ1) is 16.5. The van der Waals surface area contributed by atoms with E-state index in [1.807, 2.05) is 25.1 Å². The number of halogens is 1. The first-order valence-electron chi connectivity index (χ1n) is 7.83. The Labute approximate surface area is 146 Å². The van der Waals surface area contributed by atoms with Crippen molar-refractivity contribution in [3.05, 3.63) is 63.4 Å². The lowest BCUT2D eigenvalue weighted by Crippen LogP contribution is -2.24. The van der Waals surface area contributed by atoms with Crippen molar-refractivity contribution in [3.8, 4) is 0 Å². The second kappa shape index (κ2) is 6.61. The number of fused-ring (bicyclic) bond motifs is 1. The molecule has 1 atom stereocenters. The van der Waals surface area contributed by atoms with Gasteiger partial charge in [-0.15, -0.1) is 5.10 Å². The van der Waals surface area contributed by atoms with Crippen LogP contribution in [0, 0.1) is 13.8 Å². The van der Waals surface area contributed by atoms with E-state index in [1.165, 1.54) is 0 Å². The van der Waals surface area contributed by atoms with Crippen molar-refractivity contribution in [3.63, 3.8) is 0 Å². The Kier molecular flexibility index (Phi) is 4.53. The molecule has 124 valence electrons. The fourth-order valence-electron chi connectivity index (χ4n) is 3.33. The van der Waals surface area contributed by atoms with Gasteiger partial charge in [0.05, 0.1) is 11.4 Å². The van der Waals surface area contributed by atoms with Gasteiger partial charge in [0.15, 0.2) is 0 Å². The summed E-state index contributed by atoms with van der Waals surface area (Å²) in [6.45, 7) is 4.06. The highest BCUT2D eigenvalue weighted by atomic mass is 35.5. The first-order chi connectivity index (χ1) is 11.5. The number of guanidine groups is 1. The molecule has 0 fully saturated rings. The molecule has 1 aliphatic carbocycles. The third kappa shape index (κ3) is 3.26. The number of pyridine rings is 1. The average molecular weight is 342 g/mol. The summed E-state index contributed by atoms with van der Waals surface area (Å²) in [6.07, 6.45) is 1.54. The van der Waals surface area contributed by atoms with E-state index in [-0.39, 0.29) is 11.9 Å². The van der Waals surface area contributed by atoms with E-state index in [2.05, 4.69) is 29.3 Å². The number of benzene rings is 1. The normalized spacial score (nSPS) is 18.3. The molecule has 4 N–H and O–H groups in total. The molecule has 3 rings (SSSR count). The highest BCUT2D eigenvalue weighted by Gasteiger charge is 2.28. The van der Waals surface area contributed by atoms with Crippen molar-refractivity contribution in [1.82, 2.24) is 4.98 Å². The van der Waals surface area contributed by atoms with Crippen molar-refractivity contribution >= 4 is 23.3 Å². The lowest BCUT2D eigenvalue weighted by molar-refractivity contribution is 0.675. The van der Waals surface area contributed by atoms with E-state index < -0.39 is 0 Å². The van der Waals surface area contributed by atoms with Crippen LogP contribution in [-0.4, -0.2) is 16.7 Å². The zero-order valence-electron chi connectivity index (χ0n) is 13.8. The largest absolute Gasteiger partial charge is 0.369 e. The van der Waals surface area contributed by atoms with Gasteiger partial charge in [-0.25, -0.2) is 0 Å². The second-order valence-electron chi connectivity index (χ2n) is 6.10. The van der Waals surface area contributed by atoms with Gasteiger partial charge in [0, 0.05) is 16.3 Å². The van der Waals surface area contributed by atoms with Crippen LogP contribution in [0.15, 0.2) is 40.5 Å². The molecule has 0 aliphatic heterocycles. The monoisotopic (exact) mass is 341 g/mol.